The van der Waals surface area contributed by atoms with E-state index in [9.17, 15) is 0 Å². The molecule has 2 rings (SSSR count). The van der Waals surface area contributed by atoms with Gasteiger partial charge in [-0.15, -0.1) is 5.73 Å². The van der Waals surface area contributed by atoms with Gasteiger partial charge in [0.15, 0.2) is 0 Å². The van der Waals surface area contributed by atoms with Crippen LogP contribution in [0.15, 0.2) is 39.5 Å². The smallest absolute Gasteiger partial charge is 0.0871 e. The van der Waals surface area contributed by atoms with Crippen LogP contribution in [0.5, 0.6) is 0 Å². The average Bonchev–Trinajstić information content (AvgIpc) is 2.93. The third-order valence-corrected chi connectivity index (χ3v) is 4.37. The van der Waals surface area contributed by atoms with E-state index in [2.05, 4.69) is 49.7 Å². The van der Waals surface area contributed by atoms with Crippen LogP contribution in [0.4, 0.5) is 0 Å². The van der Waals surface area contributed by atoms with E-state index in [0.29, 0.717) is 6.10 Å². The van der Waals surface area contributed by atoms with Crippen molar-refractivity contribution in [2.75, 3.05) is 0 Å². The minimum atomic E-state index is 0.150. The molecule has 0 spiro atoms. The maximum absolute atomic E-state index is 6.03. The van der Waals surface area contributed by atoms with Crippen LogP contribution < -0.4 is 0 Å². The summed E-state index contributed by atoms with van der Waals surface area (Å²) in [7, 11) is 0. The third-order valence-electron chi connectivity index (χ3n) is 3.39. The van der Waals surface area contributed by atoms with Gasteiger partial charge >= 0.3 is 0 Å². The molecule has 4 atom stereocenters. The second-order valence-corrected chi connectivity index (χ2v) is 6.11. The van der Waals surface area contributed by atoms with Crippen LogP contribution in [-0.4, -0.2) is 24.4 Å². The molecule has 0 unspecified atom stereocenters. The van der Waals surface area contributed by atoms with Gasteiger partial charge in [0, 0.05) is 22.3 Å². The van der Waals surface area contributed by atoms with Gasteiger partial charge in [-0.05, 0) is 19.4 Å². The molecule has 0 N–H and O–H groups in total. The second kappa shape index (κ2) is 7.61. The highest BCUT2D eigenvalue weighted by molar-refractivity contribution is 9.12. The first-order chi connectivity index (χ1) is 9.22. The van der Waals surface area contributed by atoms with Crippen LogP contribution in [0, 0.1) is 0 Å². The normalized spacial score (nSPS) is 34.4. The molecule has 19 heavy (non-hydrogen) atoms. The summed E-state index contributed by atoms with van der Waals surface area (Å²) in [5.41, 5.74) is 3.01. The molecule has 2 saturated heterocycles. The van der Waals surface area contributed by atoms with Crippen molar-refractivity contribution in [2.24, 2.45) is 0 Å². The fourth-order valence-corrected chi connectivity index (χ4v) is 2.83. The lowest BCUT2D eigenvalue weighted by Gasteiger charge is -2.11. The minimum Gasteiger partial charge on any atom is -0.372 e. The molecule has 0 aliphatic carbocycles. The Morgan fingerprint density at radius 1 is 1.32 bits per heavy atom. The molecule has 2 fully saturated rings. The fraction of sp³-hybridized carbons (Fsp3) is 0.533. The fourth-order valence-electron chi connectivity index (χ4n) is 2.49. The lowest BCUT2D eigenvalue weighted by Crippen LogP contribution is -2.13. The zero-order chi connectivity index (χ0) is 13.7. The number of hydrogen-bond donors (Lipinski definition) is 0. The maximum atomic E-state index is 6.03. The van der Waals surface area contributed by atoms with Gasteiger partial charge in [-0.2, -0.15) is 0 Å². The largest absolute Gasteiger partial charge is 0.372 e. The van der Waals surface area contributed by atoms with E-state index in [4.69, 9.17) is 9.47 Å². The molecular weight excluding hydrogens is 372 g/mol. The molecule has 0 aromatic rings. The van der Waals surface area contributed by atoms with E-state index >= 15 is 0 Å². The van der Waals surface area contributed by atoms with Gasteiger partial charge in [0.25, 0.3) is 0 Å². The van der Waals surface area contributed by atoms with Gasteiger partial charge in [0.2, 0.25) is 0 Å². The molecule has 2 aliphatic heterocycles. The van der Waals surface area contributed by atoms with E-state index in [-0.39, 0.29) is 18.3 Å². The Hall–Kier alpha value is -0.120. The number of fused-ring (bicyclic) bond motifs is 1. The molecule has 2 heterocycles. The topological polar surface area (TPSA) is 18.5 Å². The van der Waals surface area contributed by atoms with Crippen LogP contribution in [0.3, 0.4) is 0 Å². The summed E-state index contributed by atoms with van der Waals surface area (Å²) in [5.74, 6) is 0. The summed E-state index contributed by atoms with van der Waals surface area (Å²) in [4.78, 5) is 1.72. The van der Waals surface area contributed by atoms with Gasteiger partial charge in [0.05, 0.1) is 24.4 Å². The highest BCUT2D eigenvalue weighted by atomic mass is 79.9. The standard InChI is InChI=1S/C15H18Br2O2/c1-2-11(17)5-3-6-12-9-14-15(18-12)10-13(19-14)7-4-8-16/h2-3,5,7-8,12-15H,6,9-10H2,1H3/b5-3+,11-2+/t4?,12-,13-,14-,15-/m1/s1. The molecule has 0 saturated carbocycles. The lowest BCUT2D eigenvalue weighted by atomic mass is 10.1. The van der Waals surface area contributed by atoms with Crippen LogP contribution in [0.1, 0.15) is 26.2 Å². The zero-order valence-corrected chi connectivity index (χ0v) is 14.1. The van der Waals surface area contributed by atoms with E-state index < -0.39 is 0 Å². The first kappa shape index (κ1) is 15.3. The number of allylic oxidation sites excluding steroid dienone is 3. The molecule has 2 aliphatic rings. The quantitative estimate of drug-likeness (QED) is 0.516. The van der Waals surface area contributed by atoms with Gasteiger partial charge in [0.1, 0.15) is 0 Å². The van der Waals surface area contributed by atoms with Gasteiger partial charge in [-0.3, -0.25) is 0 Å². The summed E-state index contributed by atoms with van der Waals surface area (Å²) in [6, 6.07) is 0. The van der Waals surface area contributed by atoms with E-state index in [0.717, 1.165) is 23.7 Å². The Bertz CT molecular complexity index is 408. The summed E-state index contributed by atoms with van der Waals surface area (Å²) in [5, 5.41) is 0. The molecule has 0 aromatic carbocycles. The van der Waals surface area contributed by atoms with Gasteiger partial charge in [-0.1, -0.05) is 50.1 Å². The van der Waals surface area contributed by atoms with Crippen LogP contribution in [0.2, 0.25) is 0 Å². The molecule has 0 aromatic heterocycles. The van der Waals surface area contributed by atoms with Crippen molar-refractivity contribution in [2.45, 2.75) is 50.6 Å². The second-order valence-electron chi connectivity index (χ2n) is 4.74. The Balaban J connectivity index is 1.78. The lowest BCUT2D eigenvalue weighted by molar-refractivity contribution is 0.0388. The molecule has 0 bridgehead atoms. The van der Waals surface area contributed by atoms with E-state index in [1.807, 2.05) is 19.1 Å². The monoisotopic (exact) mass is 388 g/mol. The summed E-state index contributed by atoms with van der Waals surface area (Å²) in [6.07, 6.45) is 12.0. The first-order valence-electron chi connectivity index (χ1n) is 6.53. The van der Waals surface area contributed by atoms with Crippen molar-refractivity contribution in [1.82, 2.24) is 0 Å². The van der Waals surface area contributed by atoms with Crippen molar-refractivity contribution in [1.29, 1.82) is 0 Å². The van der Waals surface area contributed by atoms with Gasteiger partial charge in [-0.25, -0.2) is 0 Å². The molecule has 104 valence electrons. The summed E-state index contributed by atoms with van der Waals surface area (Å²) < 4.78 is 13.1. The highest BCUT2D eigenvalue weighted by Gasteiger charge is 2.42. The number of halogens is 2. The zero-order valence-electron chi connectivity index (χ0n) is 10.9. The average molecular weight is 390 g/mol. The first-order valence-corrected chi connectivity index (χ1v) is 8.24. The van der Waals surface area contributed by atoms with Crippen LogP contribution in [-0.2, 0) is 9.47 Å². The summed E-state index contributed by atoms with van der Waals surface area (Å²) in [6.45, 7) is 2.01. The van der Waals surface area contributed by atoms with E-state index in [1.165, 1.54) is 0 Å². The molecule has 0 amide bonds. The minimum absolute atomic E-state index is 0.150. The molecular formula is C15H18Br2O2. The molecule has 4 heteroatoms. The Morgan fingerprint density at radius 2 is 2.11 bits per heavy atom. The summed E-state index contributed by atoms with van der Waals surface area (Å²) >= 11 is 6.66. The Kier molecular flexibility index (Phi) is 6.11. The van der Waals surface area contributed by atoms with Crippen molar-refractivity contribution < 1.29 is 9.47 Å². The van der Waals surface area contributed by atoms with Crippen molar-refractivity contribution in [3.63, 3.8) is 0 Å². The maximum Gasteiger partial charge on any atom is 0.0871 e. The van der Waals surface area contributed by atoms with Crippen LogP contribution >= 0.6 is 31.9 Å². The third kappa shape index (κ3) is 4.44. The Morgan fingerprint density at radius 3 is 2.79 bits per heavy atom. The number of ether oxygens (including phenoxy) is 2. The van der Waals surface area contributed by atoms with Crippen molar-refractivity contribution in [3.8, 4) is 0 Å². The van der Waals surface area contributed by atoms with Gasteiger partial charge < -0.3 is 9.47 Å². The predicted octanol–water partition coefficient (Wildman–Crippen LogP) is 4.61. The predicted molar refractivity (Wildman–Crippen MR) is 84.6 cm³/mol. The van der Waals surface area contributed by atoms with E-state index in [1.54, 1.807) is 4.99 Å². The van der Waals surface area contributed by atoms with Crippen molar-refractivity contribution >= 4 is 31.9 Å². The molecule has 0 radical (unpaired) electrons. The molecule has 2 nitrogen and oxygen atoms in total. The highest BCUT2D eigenvalue weighted by Crippen LogP contribution is 2.35. The number of hydrogen-bond acceptors (Lipinski definition) is 2. The number of rotatable bonds is 4. The Labute approximate surface area is 131 Å². The van der Waals surface area contributed by atoms with Crippen molar-refractivity contribution in [3.05, 3.63) is 39.5 Å². The van der Waals surface area contributed by atoms with Crippen LogP contribution in [0.25, 0.3) is 0 Å². The SMILES string of the molecule is C/C=C(Br)\C=C\C[C@@H]1C[C@H]2O[C@H](C=C=CBr)C[C@H]2O1.